The van der Waals surface area contributed by atoms with Crippen molar-refractivity contribution in [1.82, 2.24) is 25.1 Å². The predicted octanol–water partition coefficient (Wildman–Crippen LogP) is 2.43. The SMILES string of the molecule is CCCNC(=O)N1CC2(C1)CN(C(=O)c1ccncc1)[C@@H](CO)c1[nH]c3cc(OC)ccc3c12. The summed E-state index contributed by atoms with van der Waals surface area (Å²) in [5.41, 5.74) is 2.85. The third-order valence-electron chi connectivity index (χ3n) is 6.91. The maximum absolute atomic E-state index is 13.5. The minimum atomic E-state index is -0.525. The molecule has 34 heavy (non-hydrogen) atoms. The molecule has 0 aliphatic carbocycles. The Balaban J connectivity index is 1.58. The van der Waals surface area contributed by atoms with E-state index in [0.29, 0.717) is 31.7 Å². The Hall–Kier alpha value is -3.59. The summed E-state index contributed by atoms with van der Waals surface area (Å²) in [5, 5.41) is 14.4. The number of pyridine rings is 1. The Kier molecular flexibility index (Phi) is 5.65. The van der Waals surface area contributed by atoms with Gasteiger partial charge in [0.15, 0.2) is 0 Å². The molecule has 2 aromatic heterocycles. The van der Waals surface area contributed by atoms with Gasteiger partial charge in [-0.3, -0.25) is 9.78 Å². The summed E-state index contributed by atoms with van der Waals surface area (Å²) in [6.45, 7) is 3.82. The third kappa shape index (κ3) is 3.47. The van der Waals surface area contributed by atoms with Gasteiger partial charge in [0.25, 0.3) is 5.91 Å². The van der Waals surface area contributed by atoms with Gasteiger partial charge in [-0.15, -0.1) is 0 Å². The van der Waals surface area contributed by atoms with Crippen LogP contribution in [0.2, 0.25) is 0 Å². The number of nitrogens with one attached hydrogen (secondary N) is 2. The number of ether oxygens (including phenoxy) is 1. The molecule has 1 saturated heterocycles. The number of hydrogen-bond acceptors (Lipinski definition) is 5. The van der Waals surface area contributed by atoms with Gasteiger partial charge < -0.3 is 29.9 Å². The van der Waals surface area contributed by atoms with Crippen LogP contribution in [0.1, 0.15) is 41.0 Å². The highest BCUT2D eigenvalue weighted by molar-refractivity contribution is 5.96. The second-order valence-electron chi connectivity index (χ2n) is 9.06. The van der Waals surface area contributed by atoms with Crippen LogP contribution >= 0.6 is 0 Å². The quantitative estimate of drug-likeness (QED) is 0.538. The number of H-pyrrole nitrogens is 1. The molecule has 0 saturated carbocycles. The highest BCUT2D eigenvalue weighted by Crippen LogP contribution is 2.48. The van der Waals surface area contributed by atoms with Crippen molar-refractivity contribution in [2.45, 2.75) is 24.8 Å². The van der Waals surface area contributed by atoms with Crippen LogP contribution < -0.4 is 10.1 Å². The molecular weight excluding hydrogens is 434 g/mol. The highest BCUT2D eigenvalue weighted by atomic mass is 16.5. The van der Waals surface area contributed by atoms with E-state index < -0.39 is 11.5 Å². The molecule has 1 aromatic carbocycles. The monoisotopic (exact) mass is 463 g/mol. The van der Waals surface area contributed by atoms with Gasteiger partial charge in [-0.25, -0.2) is 4.79 Å². The zero-order valence-corrected chi connectivity index (χ0v) is 19.4. The van der Waals surface area contributed by atoms with E-state index in [1.807, 2.05) is 25.1 Å². The molecule has 1 spiro atoms. The van der Waals surface area contributed by atoms with Crippen LogP contribution in [0.5, 0.6) is 5.75 Å². The van der Waals surface area contributed by atoms with E-state index in [1.54, 1.807) is 41.4 Å². The molecule has 2 aliphatic rings. The van der Waals surface area contributed by atoms with Crippen molar-refractivity contribution in [2.75, 3.05) is 39.9 Å². The van der Waals surface area contributed by atoms with Gasteiger partial charge in [0, 0.05) is 66.8 Å². The van der Waals surface area contributed by atoms with Crippen molar-refractivity contribution in [3.63, 3.8) is 0 Å². The molecule has 4 heterocycles. The Labute approximate surface area is 197 Å². The van der Waals surface area contributed by atoms with Gasteiger partial charge in [0.05, 0.1) is 25.2 Å². The van der Waals surface area contributed by atoms with E-state index in [9.17, 15) is 14.7 Å². The number of aliphatic hydroxyl groups excluding tert-OH is 1. The summed E-state index contributed by atoms with van der Waals surface area (Å²) in [6, 6.07) is 8.60. The average Bonchev–Trinajstić information content (AvgIpc) is 3.24. The normalized spacial score (nSPS) is 18.5. The number of aromatic amines is 1. The number of likely N-dealkylation sites (tertiary alicyclic amines) is 1. The first-order valence-corrected chi connectivity index (χ1v) is 11.6. The molecule has 0 unspecified atom stereocenters. The van der Waals surface area contributed by atoms with Crippen LogP contribution in [-0.4, -0.2) is 76.7 Å². The van der Waals surface area contributed by atoms with Crippen LogP contribution in [0.15, 0.2) is 42.7 Å². The lowest BCUT2D eigenvalue weighted by Gasteiger charge is -2.55. The average molecular weight is 464 g/mol. The van der Waals surface area contributed by atoms with Crippen LogP contribution in [-0.2, 0) is 5.41 Å². The molecule has 3 N–H and O–H groups in total. The van der Waals surface area contributed by atoms with Crippen LogP contribution in [0.4, 0.5) is 4.79 Å². The van der Waals surface area contributed by atoms with E-state index in [4.69, 9.17) is 4.74 Å². The molecule has 0 bridgehead atoms. The first kappa shape index (κ1) is 22.2. The Bertz CT molecular complexity index is 1220. The summed E-state index contributed by atoms with van der Waals surface area (Å²) >= 11 is 0. The number of aliphatic hydroxyl groups is 1. The number of carbonyl (C=O) groups excluding carboxylic acids is 2. The summed E-state index contributed by atoms with van der Waals surface area (Å²) in [5.74, 6) is 0.552. The minimum absolute atomic E-state index is 0.0909. The first-order valence-electron chi connectivity index (χ1n) is 11.6. The van der Waals surface area contributed by atoms with E-state index in [2.05, 4.69) is 15.3 Å². The molecule has 9 heteroatoms. The number of urea groups is 1. The van der Waals surface area contributed by atoms with Crippen molar-refractivity contribution >= 4 is 22.8 Å². The molecule has 178 valence electrons. The second-order valence-corrected chi connectivity index (χ2v) is 9.06. The van der Waals surface area contributed by atoms with E-state index >= 15 is 0 Å². The Morgan fingerprint density at radius 2 is 2.00 bits per heavy atom. The lowest BCUT2D eigenvalue weighted by Crippen LogP contribution is -2.69. The van der Waals surface area contributed by atoms with Gasteiger partial charge in [-0.2, -0.15) is 0 Å². The number of benzene rings is 1. The highest BCUT2D eigenvalue weighted by Gasteiger charge is 2.55. The zero-order chi connectivity index (χ0) is 23.9. The van der Waals surface area contributed by atoms with Crippen molar-refractivity contribution in [1.29, 1.82) is 0 Å². The molecule has 2 aliphatic heterocycles. The van der Waals surface area contributed by atoms with Gasteiger partial charge in [-0.1, -0.05) is 6.92 Å². The van der Waals surface area contributed by atoms with Crippen LogP contribution in [0.3, 0.4) is 0 Å². The summed E-state index contributed by atoms with van der Waals surface area (Å²) in [6.07, 6.45) is 4.04. The fourth-order valence-electron chi connectivity index (χ4n) is 5.31. The summed E-state index contributed by atoms with van der Waals surface area (Å²) in [4.78, 5) is 37.2. The molecule has 5 rings (SSSR count). The standard InChI is InChI=1S/C25H29N5O4/c1-3-8-27-24(33)29-13-25(14-29)15-30(23(32)16-6-9-26-10-7-16)20(12-31)22-21(25)18-5-4-17(34-2)11-19(18)28-22/h4-7,9-11,20,28,31H,3,8,12-15H2,1-2H3,(H,27,33)/t20-/m0/s1. The van der Waals surface area contributed by atoms with E-state index in [-0.39, 0.29) is 18.5 Å². The lowest BCUT2D eigenvalue weighted by atomic mass is 9.68. The smallest absolute Gasteiger partial charge is 0.317 e. The van der Waals surface area contributed by atoms with Gasteiger partial charge in [0.2, 0.25) is 0 Å². The maximum Gasteiger partial charge on any atom is 0.317 e. The van der Waals surface area contributed by atoms with E-state index in [0.717, 1.165) is 34.3 Å². The molecule has 1 fully saturated rings. The van der Waals surface area contributed by atoms with Crippen molar-refractivity contribution in [3.8, 4) is 5.75 Å². The number of aromatic nitrogens is 2. The van der Waals surface area contributed by atoms with Crippen LogP contribution in [0.25, 0.3) is 10.9 Å². The van der Waals surface area contributed by atoms with Gasteiger partial charge >= 0.3 is 6.03 Å². The molecular formula is C25H29N5O4. The molecule has 3 amide bonds. The van der Waals surface area contributed by atoms with Crippen molar-refractivity contribution in [3.05, 3.63) is 59.5 Å². The minimum Gasteiger partial charge on any atom is -0.497 e. The number of fused-ring (bicyclic) bond motifs is 4. The molecule has 3 aromatic rings. The fraction of sp³-hybridized carbons (Fsp3) is 0.400. The van der Waals surface area contributed by atoms with Gasteiger partial charge in [0.1, 0.15) is 5.75 Å². The molecule has 9 nitrogen and oxygen atoms in total. The Morgan fingerprint density at radius 1 is 1.24 bits per heavy atom. The third-order valence-corrected chi connectivity index (χ3v) is 6.91. The predicted molar refractivity (Wildman–Crippen MR) is 127 cm³/mol. The second kappa shape index (κ2) is 8.64. The van der Waals surface area contributed by atoms with E-state index in [1.165, 1.54) is 0 Å². The fourth-order valence-corrected chi connectivity index (χ4v) is 5.31. The summed E-state index contributed by atoms with van der Waals surface area (Å²) in [7, 11) is 1.62. The maximum atomic E-state index is 13.5. The molecule has 1 atom stereocenters. The largest absolute Gasteiger partial charge is 0.497 e. The number of amides is 3. The first-order chi connectivity index (χ1) is 16.5. The lowest BCUT2D eigenvalue weighted by molar-refractivity contribution is 0.0140. The number of hydrogen-bond donors (Lipinski definition) is 3. The number of carbonyl (C=O) groups is 2. The molecule has 0 radical (unpaired) electrons. The van der Waals surface area contributed by atoms with Crippen molar-refractivity contribution in [2.24, 2.45) is 0 Å². The number of nitrogens with zero attached hydrogens (tertiary/aromatic N) is 3. The summed E-state index contributed by atoms with van der Waals surface area (Å²) < 4.78 is 5.40. The van der Waals surface area contributed by atoms with Crippen LogP contribution in [0, 0.1) is 0 Å². The number of methoxy groups -OCH3 is 1. The topological polar surface area (TPSA) is 111 Å². The Morgan fingerprint density at radius 3 is 2.68 bits per heavy atom. The number of rotatable bonds is 5. The van der Waals surface area contributed by atoms with Crippen molar-refractivity contribution < 1.29 is 19.4 Å². The zero-order valence-electron chi connectivity index (χ0n) is 19.4. The van der Waals surface area contributed by atoms with Gasteiger partial charge in [-0.05, 0) is 36.2 Å².